The number of aliphatic hydroxyl groups is 1. The van der Waals surface area contributed by atoms with Gasteiger partial charge in [-0.3, -0.25) is 0 Å². The summed E-state index contributed by atoms with van der Waals surface area (Å²) in [4.78, 5) is 2.28. The Hall–Kier alpha value is -1.06. The number of aliphatic hydroxyl groups excluding tert-OH is 1. The van der Waals surface area contributed by atoms with Crippen molar-refractivity contribution >= 4 is 5.69 Å². The summed E-state index contributed by atoms with van der Waals surface area (Å²) in [5.74, 6) is 0. The Morgan fingerprint density at radius 2 is 2.05 bits per heavy atom. The summed E-state index contributed by atoms with van der Waals surface area (Å²) in [6.45, 7) is 9.63. The van der Waals surface area contributed by atoms with Crippen LogP contribution in [0.1, 0.15) is 39.2 Å². The van der Waals surface area contributed by atoms with Gasteiger partial charge in [0.2, 0.25) is 0 Å². The first-order valence-corrected chi connectivity index (χ1v) is 7.53. The van der Waals surface area contributed by atoms with Crippen molar-refractivity contribution in [2.75, 3.05) is 25.1 Å². The summed E-state index contributed by atoms with van der Waals surface area (Å²) < 4.78 is 0. The number of aryl methyl sites for hydroxylation is 1. The molecule has 20 heavy (non-hydrogen) atoms. The van der Waals surface area contributed by atoms with Gasteiger partial charge in [-0.2, -0.15) is 0 Å². The summed E-state index contributed by atoms with van der Waals surface area (Å²) in [5, 5.41) is 13.0. The minimum atomic E-state index is -0.179. The SMILES string of the molecule is Cc1cccc(N(C)CCCC(C)(CO)NC(C)C)c1. The largest absolute Gasteiger partial charge is 0.394 e. The van der Waals surface area contributed by atoms with Crippen LogP contribution in [0.15, 0.2) is 24.3 Å². The van der Waals surface area contributed by atoms with Gasteiger partial charge in [0.25, 0.3) is 0 Å². The highest BCUT2D eigenvalue weighted by atomic mass is 16.3. The lowest BCUT2D eigenvalue weighted by atomic mass is 9.95. The lowest BCUT2D eigenvalue weighted by Gasteiger charge is -2.32. The molecule has 0 aromatic heterocycles. The zero-order valence-corrected chi connectivity index (χ0v) is 13.6. The molecule has 0 saturated heterocycles. The number of nitrogens with one attached hydrogen (secondary N) is 1. The van der Waals surface area contributed by atoms with Gasteiger partial charge >= 0.3 is 0 Å². The van der Waals surface area contributed by atoms with Crippen molar-refractivity contribution in [2.24, 2.45) is 0 Å². The minimum Gasteiger partial charge on any atom is -0.394 e. The van der Waals surface area contributed by atoms with Crippen molar-refractivity contribution in [1.82, 2.24) is 5.32 Å². The first-order chi connectivity index (χ1) is 9.36. The fourth-order valence-electron chi connectivity index (χ4n) is 2.59. The quantitative estimate of drug-likeness (QED) is 0.767. The topological polar surface area (TPSA) is 35.5 Å². The van der Waals surface area contributed by atoms with Gasteiger partial charge < -0.3 is 15.3 Å². The molecule has 3 heteroatoms. The maximum absolute atomic E-state index is 9.58. The molecule has 1 aromatic carbocycles. The predicted molar refractivity (Wildman–Crippen MR) is 87.4 cm³/mol. The highest BCUT2D eigenvalue weighted by molar-refractivity contribution is 5.47. The van der Waals surface area contributed by atoms with Crippen molar-refractivity contribution in [2.45, 2.75) is 52.1 Å². The number of hydrogen-bond donors (Lipinski definition) is 2. The zero-order valence-electron chi connectivity index (χ0n) is 13.6. The Bertz CT molecular complexity index is 406. The number of anilines is 1. The molecule has 0 radical (unpaired) electrons. The molecule has 3 nitrogen and oxygen atoms in total. The van der Waals surface area contributed by atoms with Gasteiger partial charge in [0, 0.05) is 30.9 Å². The van der Waals surface area contributed by atoms with E-state index in [1.54, 1.807) is 0 Å². The summed E-state index contributed by atoms with van der Waals surface area (Å²) in [7, 11) is 2.13. The van der Waals surface area contributed by atoms with Gasteiger partial charge in [0.05, 0.1) is 6.61 Å². The van der Waals surface area contributed by atoms with Crippen LogP contribution in [0, 0.1) is 6.92 Å². The number of hydrogen-bond acceptors (Lipinski definition) is 3. The van der Waals surface area contributed by atoms with Gasteiger partial charge in [0.15, 0.2) is 0 Å². The van der Waals surface area contributed by atoms with Crippen molar-refractivity contribution in [1.29, 1.82) is 0 Å². The first-order valence-electron chi connectivity index (χ1n) is 7.53. The van der Waals surface area contributed by atoms with Gasteiger partial charge in [-0.25, -0.2) is 0 Å². The van der Waals surface area contributed by atoms with E-state index in [2.05, 4.69) is 69.2 Å². The minimum absolute atomic E-state index is 0.179. The first kappa shape index (κ1) is 17.0. The number of rotatable bonds is 8. The fraction of sp³-hybridized carbons (Fsp3) is 0.647. The van der Waals surface area contributed by atoms with Crippen LogP contribution in [0.25, 0.3) is 0 Å². The van der Waals surface area contributed by atoms with E-state index in [4.69, 9.17) is 0 Å². The van der Waals surface area contributed by atoms with E-state index in [0.717, 1.165) is 19.4 Å². The molecule has 1 rings (SSSR count). The molecular weight excluding hydrogens is 248 g/mol. The molecule has 1 unspecified atom stereocenters. The summed E-state index contributed by atoms with van der Waals surface area (Å²) >= 11 is 0. The Morgan fingerprint density at radius 1 is 1.35 bits per heavy atom. The van der Waals surface area contributed by atoms with Gasteiger partial charge in [-0.15, -0.1) is 0 Å². The van der Waals surface area contributed by atoms with E-state index in [0.29, 0.717) is 6.04 Å². The maximum Gasteiger partial charge on any atom is 0.0610 e. The molecular formula is C17H30N2O. The highest BCUT2D eigenvalue weighted by Gasteiger charge is 2.23. The van der Waals surface area contributed by atoms with E-state index in [9.17, 15) is 5.11 Å². The van der Waals surface area contributed by atoms with Crippen molar-refractivity contribution in [3.8, 4) is 0 Å². The van der Waals surface area contributed by atoms with E-state index < -0.39 is 0 Å². The summed E-state index contributed by atoms with van der Waals surface area (Å²) in [6.07, 6.45) is 2.03. The highest BCUT2D eigenvalue weighted by Crippen LogP contribution is 2.17. The average molecular weight is 278 g/mol. The van der Waals surface area contributed by atoms with E-state index in [1.807, 2.05) is 0 Å². The second-order valence-electron chi connectivity index (χ2n) is 6.38. The average Bonchev–Trinajstić information content (AvgIpc) is 2.37. The van der Waals surface area contributed by atoms with Crippen LogP contribution in [0.4, 0.5) is 5.69 Å². The van der Waals surface area contributed by atoms with Crippen molar-refractivity contribution in [3.05, 3.63) is 29.8 Å². The second-order valence-corrected chi connectivity index (χ2v) is 6.38. The van der Waals surface area contributed by atoms with Gasteiger partial charge in [-0.05, 0) is 44.4 Å². The molecule has 2 N–H and O–H groups in total. The number of benzene rings is 1. The molecule has 1 aromatic rings. The monoisotopic (exact) mass is 278 g/mol. The Labute approximate surface area is 124 Å². The Morgan fingerprint density at radius 3 is 2.60 bits per heavy atom. The van der Waals surface area contributed by atoms with E-state index in [1.165, 1.54) is 11.3 Å². The molecule has 0 bridgehead atoms. The zero-order chi connectivity index (χ0) is 15.2. The molecule has 1 atom stereocenters. The summed E-state index contributed by atoms with van der Waals surface area (Å²) in [5.41, 5.74) is 2.37. The van der Waals surface area contributed by atoms with Crippen LogP contribution in [0.2, 0.25) is 0 Å². The predicted octanol–water partition coefficient (Wildman–Crippen LogP) is 2.96. The standard InChI is InChI=1S/C17H30N2O/c1-14(2)18-17(4,13-20)10-7-11-19(5)16-9-6-8-15(3)12-16/h6,8-9,12,14,18,20H,7,10-11,13H2,1-5H3. The smallest absolute Gasteiger partial charge is 0.0610 e. The molecule has 0 aliphatic carbocycles. The third-order valence-electron chi connectivity index (χ3n) is 3.65. The third kappa shape index (κ3) is 5.51. The van der Waals surface area contributed by atoms with Gasteiger partial charge in [-0.1, -0.05) is 26.0 Å². The third-order valence-corrected chi connectivity index (χ3v) is 3.65. The second kappa shape index (κ2) is 7.65. The van der Waals surface area contributed by atoms with Crippen LogP contribution in [0.5, 0.6) is 0 Å². The van der Waals surface area contributed by atoms with Gasteiger partial charge in [0.1, 0.15) is 0 Å². The van der Waals surface area contributed by atoms with E-state index >= 15 is 0 Å². The molecule has 0 amide bonds. The van der Waals surface area contributed by atoms with Crippen LogP contribution in [0.3, 0.4) is 0 Å². The lowest BCUT2D eigenvalue weighted by Crippen LogP contribution is -2.49. The Balaban J connectivity index is 2.46. The molecule has 114 valence electrons. The van der Waals surface area contributed by atoms with Crippen molar-refractivity contribution in [3.63, 3.8) is 0 Å². The molecule has 0 saturated carbocycles. The lowest BCUT2D eigenvalue weighted by molar-refractivity contribution is 0.155. The van der Waals surface area contributed by atoms with Crippen molar-refractivity contribution < 1.29 is 5.11 Å². The van der Waals surface area contributed by atoms with Crippen LogP contribution < -0.4 is 10.2 Å². The molecule has 0 aliphatic rings. The van der Waals surface area contributed by atoms with Crippen LogP contribution in [-0.4, -0.2) is 36.9 Å². The van der Waals surface area contributed by atoms with Crippen LogP contribution >= 0.6 is 0 Å². The normalized spacial score (nSPS) is 14.3. The molecule has 0 heterocycles. The summed E-state index contributed by atoms with van der Waals surface area (Å²) in [6, 6.07) is 8.95. The molecule has 0 fully saturated rings. The maximum atomic E-state index is 9.58. The fourth-order valence-corrected chi connectivity index (χ4v) is 2.59. The Kier molecular flexibility index (Phi) is 6.50. The number of nitrogens with zero attached hydrogens (tertiary/aromatic N) is 1. The molecule has 0 spiro atoms. The van der Waals surface area contributed by atoms with Crippen LogP contribution in [-0.2, 0) is 0 Å². The molecule has 0 aliphatic heterocycles. The van der Waals surface area contributed by atoms with E-state index in [-0.39, 0.29) is 12.1 Å².